The summed E-state index contributed by atoms with van der Waals surface area (Å²) < 4.78 is 0. The number of aromatic nitrogens is 1. The van der Waals surface area contributed by atoms with E-state index >= 15 is 0 Å². The van der Waals surface area contributed by atoms with Gasteiger partial charge in [0, 0.05) is 10.9 Å². The minimum atomic E-state index is 0.475. The summed E-state index contributed by atoms with van der Waals surface area (Å²) in [4.78, 5) is 4.98. The molecule has 2 aromatic carbocycles. The van der Waals surface area contributed by atoms with Crippen LogP contribution in [0, 0.1) is 0 Å². The maximum Gasteiger partial charge on any atom is 0.128 e. The lowest BCUT2D eigenvalue weighted by molar-refractivity contribution is 1.05. The second-order valence-electron chi connectivity index (χ2n) is 4.61. The molecule has 0 fully saturated rings. The molecule has 0 spiro atoms. The zero-order chi connectivity index (χ0) is 15.4. The Morgan fingerprint density at radius 1 is 1.05 bits per heavy atom. The summed E-state index contributed by atoms with van der Waals surface area (Å²) in [5, 5.41) is 5.82. The molecule has 0 aliphatic carbocycles. The number of hydrogen-bond donors (Lipinski definition) is 1. The van der Waals surface area contributed by atoms with Gasteiger partial charge in [-0.05, 0) is 18.2 Å². The first-order valence-electron chi connectivity index (χ1n) is 6.68. The van der Waals surface area contributed by atoms with Gasteiger partial charge in [-0.1, -0.05) is 66.3 Å². The first-order chi connectivity index (χ1) is 10.7. The Morgan fingerprint density at radius 3 is 2.68 bits per heavy atom. The van der Waals surface area contributed by atoms with E-state index in [4.69, 9.17) is 23.8 Å². The molecule has 108 valence electrons. The third-order valence-corrected chi connectivity index (χ3v) is 3.74. The number of halogens is 1. The molecular formula is C17H12ClN3S. The van der Waals surface area contributed by atoms with Gasteiger partial charge in [-0.15, -0.1) is 0 Å². The molecule has 0 atom stereocenters. The Kier molecular flexibility index (Phi) is 4.42. The van der Waals surface area contributed by atoms with Gasteiger partial charge in [-0.3, -0.25) is 5.43 Å². The van der Waals surface area contributed by atoms with E-state index in [1.165, 1.54) is 0 Å². The van der Waals surface area contributed by atoms with Crippen LogP contribution in [0.2, 0.25) is 5.02 Å². The lowest BCUT2D eigenvalue weighted by Crippen LogP contribution is -2.16. The van der Waals surface area contributed by atoms with E-state index < -0.39 is 0 Å². The summed E-state index contributed by atoms with van der Waals surface area (Å²) >= 11 is 11.4. The first-order valence-corrected chi connectivity index (χ1v) is 7.46. The first kappa shape index (κ1) is 14.6. The number of thiocarbonyl (C=S) groups is 1. The fourth-order valence-corrected chi connectivity index (χ4v) is 2.53. The normalized spacial score (nSPS) is 11.0. The SMILES string of the molecule is S=C(N/N=C/c1ccc2ccccc2n1)c1ccccc1Cl. The van der Waals surface area contributed by atoms with Gasteiger partial charge in [0.25, 0.3) is 0 Å². The van der Waals surface area contributed by atoms with Gasteiger partial charge in [0.2, 0.25) is 0 Å². The molecule has 1 aromatic heterocycles. The topological polar surface area (TPSA) is 37.3 Å². The number of nitrogens with zero attached hydrogens (tertiary/aromatic N) is 2. The Hall–Kier alpha value is -2.30. The molecule has 0 aliphatic heterocycles. The standard InChI is InChI=1S/C17H12ClN3S/c18-15-7-3-2-6-14(15)17(22)21-19-11-13-10-9-12-5-1-4-8-16(12)20-13/h1-11H,(H,21,22)/b19-11+. The van der Waals surface area contributed by atoms with Crippen LogP contribution in [0.3, 0.4) is 0 Å². The van der Waals surface area contributed by atoms with Crippen LogP contribution in [-0.4, -0.2) is 16.2 Å². The largest absolute Gasteiger partial charge is 0.267 e. The molecule has 0 unspecified atom stereocenters. The third kappa shape index (κ3) is 3.30. The predicted molar refractivity (Wildman–Crippen MR) is 95.6 cm³/mol. The highest BCUT2D eigenvalue weighted by molar-refractivity contribution is 7.80. The summed E-state index contributed by atoms with van der Waals surface area (Å²) in [7, 11) is 0. The van der Waals surface area contributed by atoms with Crippen LogP contribution in [-0.2, 0) is 0 Å². The van der Waals surface area contributed by atoms with E-state index in [2.05, 4.69) is 15.5 Å². The van der Waals surface area contributed by atoms with E-state index in [1.807, 2.05) is 54.6 Å². The highest BCUT2D eigenvalue weighted by Crippen LogP contribution is 2.15. The van der Waals surface area contributed by atoms with Crippen molar-refractivity contribution >= 4 is 45.9 Å². The van der Waals surface area contributed by atoms with Crippen LogP contribution < -0.4 is 5.43 Å². The number of fused-ring (bicyclic) bond motifs is 1. The molecule has 0 bridgehead atoms. The zero-order valence-corrected chi connectivity index (χ0v) is 13.1. The van der Waals surface area contributed by atoms with Crippen molar-refractivity contribution in [3.8, 4) is 0 Å². The van der Waals surface area contributed by atoms with Crippen molar-refractivity contribution in [1.29, 1.82) is 0 Å². The van der Waals surface area contributed by atoms with Gasteiger partial charge in [0.1, 0.15) is 4.99 Å². The Labute approximate surface area is 138 Å². The highest BCUT2D eigenvalue weighted by Gasteiger charge is 2.03. The monoisotopic (exact) mass is 325 g/mol. The van der Waals surface area contributed by atoms with Crippen LogP contribution in [0.4, 0.5) is 0 Å². The Balaban J connectivity index is 1.73. The fraction of sp³-hybridized carbons (Fsp3) is 0. The average molecular weight is 326 g/mol. The van der Waals surface area contributed by atoms with Crippen molar-refractivity contribution in [3.63, 3.8) is 0 Å². The molecule has 1 N–H and O–H groups in total. The van der Waals surface area contributed by atoms with Crippen molar-refractivity contribution in [1.82, 2.24) is 10.4 Å². The van der Waals surface area contributed by atoms with Crippen molar-refractivity contribution in [3.05, 3.63) is 76.9 Å². The van der Waals surface area contributed by atoms with Gasteiger partial charge in [0.05, 0.1) is 22.4 Å². The minimum Gasteiger partial charge on any atom is -0.267 e. The lowest BCUT2D eigenvalue weighted by atomic mass is 10.2. The number of hydrazone groups is 1. The van der Waals surface area contributed by atoms with Crippen molar-refractivity contribution < 1.29 is 0 Å². The van der Waals surface area contributed by atoms with E-state index in [-0.39, 0.29) is 0 Å². The summed E-state index contributed by atoms with van der Waals surface area (Å²) in [6.45, 7) is 0. The van der Waals surface area contributed by atoms with E-state index in [0.717, 1.165) is 22.2 Å². The van der Waals surface area contributed by atoms with E-state index in [0.29, 0.717) is 10.0 Å². The number of benzene rings is 2. The molecule has 0 saturated carbocycles. The van der Waals surface area contributed by atoms with Gasteiger partial charge in [-0.25, -0.2) is 4.98 Å². The molecule has 0 amide bonds. The molecule has 3 nitrogen and oxygen atoms in total. The number of rotatable bonds is 3. The lowest BCUT2D eigenvalue weighted by Gasteiger charge is -2.04. The maximum absolute atomic E-state index is 6.09. The number of hydrogen-bond acceptors (Lipinski definition) is 3. The second kappa shape index (κ2) is 6.64. The smallest absolute Gasteiger partial charge is 0.128 e. The van der Waals surface area contributed by atoms with Crippen LogP contribution in [0.1, 0.15) is 11.3 Å². The summed E-state index contributed by atoms with van der Waals surface area (Å²) in [5.74, 6) is 0. The third-order valence-electron chi connectivity index (χ3n) is 3.10. The van der Waals surface area contributed by atoms with E-state index in [1.54, 1.807) is 12.3 Å². The Morgan fingerprint density at radius 2 is 1.82 bits per heavy atom. The summed E-state index contributed by atoms with van der Waals surface area (Å²) in [5.41, 5.74) is 5.25. The van der Waals surface area contributed by atoms with Gasteiger partial charge in [-0.2, -0.15) is 5.10 Å². The average Bonchev–Trinajstić information content (AvgIpc) is 2.55. The molecule has 0 aliphatic rings. The molecule has 22 heavy (non-hydrogen) atoms. The van der Waals surface area contributed by atoms with Gasteiger partial charge < -0.3 is 0 Å². The second-order valence-corrected chi connectivity index (χ2v) is 5.42. The predicted octanol–water partition coefficient (Wildman–Crippen LogP) is 4.19. The van der Waals surface area contributed by atoms with Crippen LogP contribution in [0.5, 0.6) is 0 Å². The maximum atomic E-state index is 6.09. The summed E-state index contributed by atoms with van der Waals surface area (Å²) in [6.07, 6.45) is 1.63. The fourth-order valence-electron chi connectivity index (χ4n) is 2.02. The van der Waals surface area contributed by atoms with Crippen molar-refractivity contribution in [2.45, 2.75) is 0 Å². The Bertz CT molecular complexity index is 861. The van der Waals surface area contributed by atoms with E-state index in [9.17, 15) is 0 Å². The van der Waals surface area contributed by atoms with Crippen LogP contribution in [0.25, 0.3) is 10.9 Å². The van der Waals surface area contributed by atoms with Crippen LogP contribution in [0.15, 0.2) is 65.8 Å². The van der Waals surface area contributed by atoms with Crippen LogP contribution >= 0.6 is 23.8 Å². The molecule has 5 heteroatoms. The van der Waals surface area contributed by atoms with Gasteiger partial charge in [0.15, 0.2) is 0 Å². The number of para-hydroxylation sites is 1. The molecule has 0 radical (unpaired) electrons. The van der Waals surface area contributed by atoms with Gasteiger partial charge >= 0.3 is 0 Å². The molecule has 1 heterocycles. The van der Waals surface area contributed by atoms with Crippen molar-refractivity contribution in [2.24, 2.45) is 5.10 Å². The summed E-state index contributed by atoms with van der Waals surface area (Å²) in [6, 6.07) is 19.2. The number of pyridine rings is 1. The molecular weight excluding hydrogens is 314 g/mol. The van der Waals surface area contributed by atoms with Crippen molar-refractivity contribution in [2.75, 3.05) is 0 Å². The minimum absolute atomic E-state index is 0.475. The number of nitrogens with one attached hydrogen (secondary N) is 1. The molecule has 3 aromatic rings. The molecule has 3 rings (SSSR count). The molecule has 0 saturated heterocycles. The quantitative estimate of drug-likeness (QED) is 0.446. The highest BCUT2D eigenvalue weighted by atomic mass is 35.5. The zero-order valence-electron chi connectivity index (χ0n) is 11.5.